The third-order valence-corrected chi connectivity index (χ3v) is 3.38. The second-order valence-electron chi connectivity index (χ2n) is 4.94. The van der Waals surface area contributed by atoms with Crippen LogP contribution in [0, 0.1) is 0 Å². The first-order valence-electron chi connectivity index (χ1n) is 6.87. The summed E-state index contributed by atoms with van der Waals surface area (Å²) in [6, 6.07) is 0.532. The Morgan fingerprint density at radius 2 is 1.94 bits per heavy atom. The van der Waals surface area contributed by atoms with Crippen molar-refractivity contribution in [1.82, 2.24) is 15.1 Å². The SMILES string of the molecule is CCCN(CCC)C(=O)CN(C)C1CCNC1. The van der Waals surface area contributed by atoms with Crippen molar-refractivity contribution in [2.24, 2.45) is 0 Å². The standard InChI is InChI=1S/C13H27N3O/c1-4-8-16(9-5-2)13(17)11-15(3)12-6-7-14-10-12/h12,14H,4-11H2,1-3H3. The molecule has 1 N–H and O–H groups in total. The van der Waals surface area contributed by atoms with Gasteiger partial charge in [0.25, 0.3) is 0 Å². The predicted molar refractivity (Wildman–Crippen MR) is 71.1 cm³/mol. The lowest BCUT2D eigenvalue weighted by molar-refractivity contribution is -0.132. The van der Waals surface area contributed by atoms with Crippen molar-refractivity contribution < 1.29 is 4.79 Å². The van der Waals surface area contributed by atoms with Gasteiger partial charge in [0.15, 0.2) is 0 Å². The van der Waals surface area contributed by atoms with Crippen LogP contribution in [0.25, 0.3) is 0 Å². The molecule has 100 valence electrons. The van der Waals surface area contributed by atoms with Gasteiger partial charge in [-0.1, -0.05) is 13.8 Å². The second-order valence-corrected chi connectivity index (χ2v) is 4.94. The smallest absolute Gasteiger partial charge is 0.236 e. The molecule has 0 radical (unpaired) electrons. The minimum atomic E-state index is 0.281. The van der Waals surface area contributed by atoms with Crippen LogP contribution < -0.4 is 5.32 Å². The molecule has 1 fully saturated rings. The third kappa shape index (κ3) is 4.64. The number of rotatable bonds is 7. The molecule has 1 amide bonds. The van der Waals surface area contributed by atoms with Crippen molar-refractivity contribution in [2.75, 3.05) is 39.8 Å². The minimum Gasteiger partial charge on any atom is -0.342 e. The molecular weight excluding hydrogens is 214 g/mol. The van der Waals surface area contributed by atoms with E-state index >= 15 is 0 Å². The molecular formula is C13H27N3O. The fraction of sp³-hybridized carbons (Fsp3) is 0.923. The van der Waals surface area contributed by atoms with Crippen molar-refractivity contribution in [3.63, 3.8) is 0 Å². The summed E-state index contributed by atoms with van der Waals surface area (Å²) >= 11 is 0. The number of hydrogen-bond acceptors (Lipinski definition) is 3. The molecule has 0 aromatic rings. The Morgan fingerprint density at radius 3 is 2.41 bits per heavy atom. The highest BCUT2D eigenvalue weighted by molar-refractivity contribution is 5.78. The minimum absolute atomic E-state index is 0.281. The van der Waals surface area contributed by atoms with Gasteiger partial charge in [-0.3, -0.25) is 9.69 Å². The van der Waals surface area contributed by atoms with Gasteiger partial charge >= 0.3 is 0 Å². The largest absolute Gasteiger partial charge is 0.342 e. The summed E-state index contributed by atoms with van der Waals surface area (Å²) in [4.78, 5) is 16.3. The maximum Gasteiger partial charge on any atom is 0.236 e. The molecule has 0 bridgehead atoms. The number of amides is 1. The highest BCUT2D eigenvalue weighted by atomic mass is 16.2. The average Bonchev–Trinajstić information content (AvgIpc) is 2.82. The van der Waals surface area contributed by atoms with Crippen LogP contribution in [0.5, 0.6) is 0 Å². The molecule has 1 rings (SSSR count). The summed E-state index contributed by atoms with van der Waals surface area (Å²) in [5, 5.41) is 3.34. The summed E-state index contributed by atoms with van der Waals surface area (Å²) < 4.78 is 0. The molecule has 17 heavy (non-hydrogen) atoms. The topological polar surface area (TPSA) is 35.6 Å². The fourth-order valence-electron chi connectivity index (χ4n) is 2.36. The van der Waals surface area contributed by atoms with Gasteiger partial charge in [-0.2, -0.15) is 0 Å². The lowest BCUT2D eigenvalue weighted by Gasteiger charge is -2.27. The van der Waals surface area contributed by atoms with E-state index in [1.807, 2.05) is 4.90 Å². The number of carbonyl (C=O) groups is 1. The van der Waals surface area contributed by atoms with Gasteiger partial charge in [-0.15, -0.1) is 0 Å². The van der Waals surface area contributed by atoms with Gasteiger partial charge in [0.2, 0.25) is 5.91 Å². The Morgan fingerprint density at radius 1 is 1.29 bits per heavy atom. The summed E-state index contributed by atoms with van der Waals surface area (Å²) in [6.07, 6.45) is 3.24. The van der Waals surface area contributed by atoms with E-state index in [1.54, 1.807) is 0 Å². The van der Waals surface area contributed by atoms with Crippen molar-refractivity contribution in [3.8, 4) is 0 Å². The molecule has 0 aromatic heterocycles. The zero-order valence-electron chi connectivity index (χ0n) is 11.5. The first kappa shape index (κ1) is 14.5. The molecule has 0 aromatic carbocycles. The molecule has 1 aliphatic heterocycles. The van der Waals surface area contributed by atoms with Gasteiger partial charge in [0, 0.05) is 25.7 Å². The van der Waals surface area contributed by atoms with Gasteiger partial charge in [-0.25, -0.2) is 0 Å². The second kappa shape index (κ2) is 7.67. The van der Waals surface area contributed by atoms with Crippen LogP contribution in [-0.4, -0.2) is 61.5 Å². The molecule has 0 spiro atoms. The van der Waals surface area contributed by atoms with Crippen molar-refractivity contribution in [2.45, 2.75) is 39.2 Å². The van der Waals surface area contributed by atoms with E-state index in [2.05, 4.69) is 31.1 Å². The number of hydrogen-bond donors (Lipinski definition) is 1. The number of likely N-dealkylation sites (N-methyl/N-ethyl adjacent to an activating group) is 1. The number of carbonyl (C=O) groups excluding carboxylic acids is 1. The average molecular weight is 241 g/mol. The van der Waals surface area contributed by atoms with Crippen molar-refractivity contribution in [1.29, 1.82) is 0 Å². The van der Waals surface area contributed by atoms with E-state index in [0.29, 0.717) is 12.6 Å². The lowest BCUT2D eigenvalue weighted by Crippen LogP contribution is -2.44. The first-order valence-corrected chi connectivity index (χ1v) is 6.87. The summed E-state index contributed by atoms with van der Waals surface area (Å²) in [7, 11) is 2.06. The Labute approximate surface area is 105 Å². The van der Waals surface area contributed by atoms with E-state index in [-0.39, 0.29) is 5.91 Å². The maximum absolute atomic E-state index is 12.2. The van der Waals surface area contributed by atoms with E-state index in [0.717, 1.165) is 45.4 Å². The van der Waals surface area contributed by atoms with E-state index < -0.39 is 0 Å². The van der Waals surface area contributed by atoms with Gasteiger partial charge in [-0.05, 0) is 32.9 Å². The van der Waals surface area contributed by atoms with Crippen LogP contribution in [0.2, 0.25) is 0 Å². The molecule has 0 saturated carbocycles. The van der Waals surface area contributed by atoms with Gasteiger partial charge < -0.3 is 10.2 Å². The Hall–Kier alpha value is -0.610. The highest BCUT2D eigenvalue weighted by Gasteiger charge is 2.22. The predicted octanol–water partition coefficient (Wildman–Crippen LogP) is 0.929. The van der Waals surface area contributed by atoms with E-state index in [1.165, 1.54) is 0 Å². The third-order valence-electron chi connectivity index (χ3n) is 3.38. The van der Waals surface area contributed by atoms with Crippen LogP contribution in [0.15, 0.2) is 0 Å². The quantitative estimate of drug-likeness (QED) is 0.720. The molecule has 1 atom stereocenters. The highest BCUT2D eigenvalue weighted by Crippen LogP contribution is 2.06. The van der Waals surface area contributed by atoms with E-state index in [9.17, 15) is 4.79 Å². The van der Waals surface area contributed by atoms with Crippen LogP contribution in [0.4, 0.5) is 0 Å². The van der Waals surface area contributed by atoms with Crippen LogP contribution in [0.3, 0.4) is 0 Å². The molecule has 4 heteroatoms. The van der Waals surface area contributed by atoms with Crippen LogP contribution in [0.1, 0.15) is 33.1 Å². The Kier molecular flexibility index (Phi) is 6.52. The molecule has 0 aliphatic carbocycles. The van der Waals surface area contributed by atoms with Crippen molar-refractivity contribution in [3.05, 3.63) is 0 Å². The molecule has 1 heterocycles. The summed E-state index contributed by atoms with van der Waals surface area (Å²) in [5.41, 5.74) is 0. The summed E-state index contributed by atoms with van der Waals surface area (Å²) in [6.45, 7) is 8.70. The summed E-state index contributed by atoms with van der Waals surface area (Å²) in [5.74, 6) is 0.281. The van der Waals surface area contributed by atoms with Gasteiger partial charge in [0.05, 0.1) is 6.54 Å². The Balaban J connectivity index is 2.38. The molecule has 4 nitrogen and oxygen atoms in total. The number of nitrogens with one attached hydrogen (secondary N) is 1. The molecule has 1 aliphatic rings. The lowest BCUT2D eigenvalue weighted by atomic mass is 10.2. The zero-order valence-corrected chi connectivity index (χ0v) is 11.5. The molecule has 1 saturated heterocycles. The van der Waals surface area contributed by atoms with Gasteiger partial charge in [0.1, 0.15) is 0 Å². The normalized spacial score (nSPS) is 19.9. The maximum atomic E-state index is 12.2. The van der Waals surface area contributed by atoms with Crippen LogP contribution in [-0.2, 0) is 4.79 Å². The monoisotopic (exact) mass is 241 g/mol. The molecule has 1 unspecified atom stereocenters. The fourth-order valence-corrected chi connectivity index (χ4v) is 2.36. The van der Waals surface area contributed by atoms with E-state index in [4.69, 9.17) is 0 Å². The number of nitrogens with zero attached hydrogens (tertiary/aromatic N) is 2. The van der Waals surface area contributed by atoms with Crippen molar-refractivity contribution >= 4 is 5.91 Å². The first-order chi connectivity index (χ1) is 8.19. The zero-order chi connectivity index (χ0) is 12.7. The Bertz CT molecular complexity index is 221. The van der Waals surface area contributed by atoms with Crippen LogP contribution >= 0.6 is 0 Å².